The molecule has 2 aromatic heterocycles. The lowest BCUT2D eigenvalue weighted by molar-refractivity contribution is -0.00861. The van der Waals surface area contributed by atoms with Gasteiger partial charge in [0, 0.05) is 29.7 Å². The van der Waals surface area contributed by atoms with Gasteiger partial charge in [-0.25, -0.2) is 0 Å². The van der Waals surface area contributed by atoms with E-state index in [9.17, 15) is 5.11 Å². The average Bonchev–Trinajstić information content (AvgIpc) is 3.05. The summed E-state index contributed by atoms with van der Waals surface area (Å²) in [5.41, 5.74) is 2.29. The topological polar surface area (TPSA) is 72.0 Å². The van der Waals surface area contributed by atoms with E-state index in [1.54, 1.807) is 12.4 Å². The first-order chi connectivity index (χ1) is 11.6. The number of pyridine rings is 1. The maximum absolute atomic E-state index is 11.0. The quantitative estimate of drug-likeness (QED) is 0.749. The van der Waals surface area contributed by atoms with Crippen molar-refractivity contribution >= 4 is 15.9 Å². The molecule has 1 aromatic carbocycles. The summed E-state index contributed by atoms with van der Waals surface area (Å²) in [5.74, 6) is 0.864. The molecule has 0 aliphatic heterocycles. The molecule has 1 N–H and O–H groups in total. The summed E-state index contributed by atoms with van der Waals surface area (Å²) in [6.07, 6.45) is 5.89. The molecule has 1 unspecified atom stereocenters. The van der Waals surface area contributed by atoms with Gasteiger partial charge in [0.25, 0.3) is 5.89 Å². The molecule has 122 valence electrons. The van der Waals surface area contributed by atoms with Gasteiger partial charge in [-0.1, -0.05) is 33.2 Å². The van der Waals surface area contributed by atoms with Gasteiger partial charge in [-0.05, 0) is 47.7 Å². The van der Waals surface area contributed by atoms with E-state index in [-0.39, 0.29) is 0 Å². The van der Waals surface area contributed by atoms with Gasteiger partial charge in [0.1, 0.15) is 5.60 Å². The van der Waals surface area contributed by atoms with Crippen LogP contribution in [0.1, 0.15) is 34.8 Å². The summed E-state index contributed by atoms with van der Waals surface area (Å²) in [6.45, 7) is 0. The Kier molecular flexibility index (Phi) is 3.94. The minimum Gasteiger partial charge on any atom is -0.380 e. The van der Waals surface area contributed by atoms with Crippen molar-refractivity contribution in [2.45, 2.75) is 31.3 Å². The summed E-state index contributed by atoms with van der Waals surface area (Å²) < 4.78 is 6.44. The van der Waals surface area contributed by atoms with Crippen molar-refractivity contribution in [1.29, 1.82) is 0 Å². The Morgan fingerprint density at radius 2 is 2.17 bits per heavy atom. The monoisotopic (exact) mass is 385 g/mol. The van der Waals surface area contributed by atoms with Gasteiger partial charge < -0.3 is 9.63 Å². The Morgan fingerprint density at radius 3 is 3.00 bits per heavy atom. The molecule has 1 aliphatic rings. The fourth-order valence-corrected chi connectivity index (χ4v) is 3.54. The maximum atomic E-state index is 11.0. The van der Waals surface area contributed by atoms with Crippen molar-refractivity contribution in [3.63, 3.8) is 0 Å². The zero-order chi connectivity index (χ0) is 16.6. The molecule has 0 saturated heterocycles. The summed E-state index contributed by atoms with van der Waals surface area (Å²) >= 11 is 3.49. The minimum absolute atomic E-state index is 0.301. The lowest BCUT2D eigenvalue weighted by Crippen LogP contribution is -2.33. The lowest BCUT2D eigenvalue weighted by Gasteiger charge is -2.30. The number of rotatable bonds is 3. The number of aromatic nitrogens is 3. The van der Waals surface area contributed by atoms with Crippen molar-refractivity contribution in [2.24, 2.45) is 0 Å². The zero-order valence-corrected chi connectivity index (χ0v) is 14.5. The maximum Gasteiger partial charge on any atom is 0.258 e. The highest BCUT2D eigenvalue weighted by atomic mass is 79.9. The molecule has 0 bridgehead atoms. The first-order valence-corrected chi connectivity index (χ1v) is 8.63. The van der Waals surface area contributed by atoms with Crippen LogP contribution in [0.15, 0.2) is 51.7 Å². The van der Waals surface area contributed by atoms with E-state index < -0.39 is 5.60 Å². The predicted molar refractivity (Wildman–Crippen MR) is 91.4 cm³/mol. The van der Waals surface area contributed by atoms with Crippen LogP contribution in [-0.2, 0) is 24.9 Å². The molecule has 4 rings (SSSR count). The van der Waals surface area contributed by atoms with Gasteiger partial charge in [-0.3, -0.25) is 4.98 Å². The Morgan fingerprint density at radius 1 is 1.25 bits per heavy atom. The van der Waals surface area contributed by atoms with Gasteiger partial charge >= 0.3 is 0 Å². The van der Waals surface area contributed by atoms with Gasteiger partial charge in [0.15, 0.2) is 5.82 Å². The molecule has 24 heavy (non-hydrogen) atoms. The highest BCUT2D eigenvalue weighted by Gasteiger charge is 2.39. The van der Waals surface area contributed by atoms with Crippen LogP contribution in [-0.4, -0.2) is 20.2 Å². The molecule has 1 aliphatic carbocycles. The SMILES string of the molecule is OC1(c2nc(Cc3cccnc3)no2)CCc2cc(Br)ccc2C1. The van der Waals surface area contributed by atoms with Crippen LogP contribution >= 0.6 is 15.9 Å². The van der Waals surface area contributed by atoms with Crippen LogP contribution in [0.5, 0.6) is 0 Å². The van der Waals surface area contributed by atoms with E-state index in [1.807, 2.05) is 24.3 Å². The highest BCUT2D eigenvalue weighted by Crippen LogP contribution is 2.36. The summed E-state index contributed by atoms with van der Waals surface area (Å²) in [6, 6.07) is 9.98. The predicted octanol–water partition coefficient (Wildman–Crippen LogP) is 3.19. The molecular formula is C18H16BrN3O2. The number of fused-ring (bicyclic) bond motifs is 1. The van der Waals surface area contributed by atoms with Gasteiger partial charge in [-0.2, -0.15) is 4.98 Å². The molecule has 0 radical (unpaired) electrons. The Balaban J connectivity index is 1.57. The van der Waals surface area contributed by atoms with Crippen molar-refractivity contribution < 1.29 is 9.63 Å². The second kappa shape index (κ2) is 6.11. The molecule has 5 nitrogen and oxygen atoms in total. The van der Waals surface area contributed by atoms with Crippen molar-refractivity contribution in [3.05, 3.63) is 75.6 Å². The Bertz CT molecular complexity index is 866. The molecular weight excluding hydrogens is 370 g/mol. The first-order valence-electron chi connectivity index (χ1n) is 7.84. The number of benzene rings is 1. The van der Waals surface area contributed by atoms with E-state index in [0.29, 0.717) is 31.0 Å². The Labute approximate surface area is 147 Å². The largest absolute Gasteiger partial charge is 0.380 e. The number of hydrogen-bond donors (Lipinski definition) is 1. The fourth-order valence-electron chi connectivity index (χ4n) is 3.13. The van der Waals surface area contributed by atoms with Crippen LogP contribution in [0.4, 0.5) is 0 Å². The van der Waals surface area contributed by atoms with Gasteiger partial charge in [0.05, 0.1) is 0 Å². The molecule has 0 fully saturated rings. The van der Waals surface area contributed by atoms with Crippen LogP contribution in [0.25, 0.3) is 0 Å². The second-order valence-corrected chi connectivity index (χ2v) is 7.09. The van der Waals surface area contributed by atoms with Crippen LogP contribution in [0.3, 0.4) is 0 Å². The average molecular weight is 386 g/mol. The summed E-state index contributed by atoms with van der Waals surface area (Å²) in [4.78, 5) is 8.51. The third-order valence-electron chi connectivity index (χ3n) is 4.41. The number of aryl methyl sites for hydroxylation is 1. The smallest absolute Gasteiger partial charge is 0.258 e. The molecule has 3 aromatic rings. The number of halogens is 1. The minimum atomic E-state index is -1.10. The lowest BCUT2D eigenvalue weighted by atomic mass is 9.80. The summed E-state index contributed by atoms with van der Waals surface area (Å²) in [7, 11) is 0. The zero-order valence-electron chi connectivity index (χ0n) is 12.9. The number of hydrogen-bond acceptors (Lipinski definition) is 5. The van der Waals surface area contributed by atoms with Gasteiger partial charge in [-0.15, -0.1) is 0 Å². The second-order valence-electron chi connectivity index (χ2n) is 6.18. The number of aliphatic hydroxyl groups is 1. The molecule has 1 atom stereocenters. The van der Waals surface area contributed by atoms with Crippen molar-refractivity contribution in [2.75, 3.05) is 0 Å². The highest BCUT2D eigenvalue weighted by molar-refractivity contribution is 9.10. The summed E-state index contributed by atoms with van der Waals surface area (Å²) in [5, 5.41) is 15.0. The number of nitrogens with zero attached hydrogens (tertiary/aromatic N) is 3. The first kappa shape index (κ1) is 15.5. The third kappa shape index (κ3) is 2.99. The molecule has 0 spiro atoms. The normalized spacial score (nSPS) is 19.9. The van der Waals surface area contributed by atoms with Crippen LogP contribution in [0, 0.1) is 0 Å². The molecule has 6 heteroatoms. The van der Waals surface area contributed by atoms with Crippen LogP contribution < -0.4 is 0 Å². The van der Waals surface area contributed by atoms with E-state index in [4.69, 9.17) is 4.52 Å². The fraction of sp³-hybridized carbons (Fsp3) is 0.278. The molecule has 0 amide bonds. The third-order valence-corrected chi connectivity index (χ3v) is 4.90. The molecule has 2 heterocycles. The molecule has 0 saturated carbocycles. The standard InChI is InChI=1S/C18H16BrN3O2/c19-15-4-3-14-10-18(23,6-5-13(14)9-15)17-21-16(22-24-17)8-12-2-1-7-20-11-12/h1-4,7,9,11,23H,5-6,8,10H2. The van der Waals surface area contributed by atoms with E-state index in [2.05, 4.69) is 37.1 Å². The Hall–Kier alpha value is -2.05. The van der Waals surface area contributed by atoms with E-state index in [0.717, 1.165) is 22.0 Å². The van der Waals surface area contributed by atoms with Gasteiger partial charge in [0.2, 0.25) is 0 Å². The van der Waals surface area contributed by atoms with Crippen molar-refractivity contribution in [1.82, 2.24) is 15.1 Å². The van der Waals surface area contributed by atoms with E-state index in [1.165, 1.54) is 5.56 Å². The van der Waals surface area contributed by atoms with E-state index >= 15 is 0 Å². The van der Waals surface area contributed by atoms with Crippen molar-refractivity contribution in [3.8, 4) is 0 Å². The van der Waals surface area contributed by atoms with Crippen LogP contribution in [0.2, 0.25) is 0 Å².